The molecule has 8 rings (SSSR count). The summed E-state index contributed by atoms with van der Waals surface area (Å²) in [6.45, 7) is 9.76. The van der Waals surface area contributed by atoms with Gasteiger partial charge in [-0.05, 0) is 92.9 Å². The molecule has 3 N–H and O–H groups in total. The molecule has 338 valence electrons. The van der Waals surface area contributed by atoms with Gasteiger partial charge in [0.15, 0.2) is 11.2 Å². The van der Waals surface area contributed by atoms with E-state index in [0.29, 0.717) is 23.0 Å². The van der Waals surface area contributed by atoms with Crippen molar-refractivity contribution in [3.8, 4) is 11.5 Å². The van der Waals surface area contributed by atoms with Gasteiger partial charge >= 0.3 is 23.7 Å². The Hall–Kier alpha value is -6.36. The standard InChI is InChI=1S/C18H25NO.C11H16N2O3.C9H8O4.C8H10N4O2/c1-19-10-9-18-8-4-3-5-15(18)17(19)11-13-6-7-14(20-2)12-16(13)18;1-4-6-11(7(3)5-2)8(14)12-10(16)13-9(11)15;1-6(10)13-8-5-3-2-4-7(8)9(11)12;1-10-4-9-6-5(10)7(13)12(3)8(14)11(6)2/h6-7,12,15,17H,3-5,8-11H2,1-2H3;4,7H,1,5-6H2,2-3H3,(H2,12,13,14,15,16);2-5H,1H3,(H,11,12);4H,1-3H3/t15-,17+,18+;;;/m1.../s1. The Balaban J connectivity index is 0.000000161. The molecule has 4 amide bonds. The molecule has 4 atom stereocenters. The Kier molecular flexibility index (Phi) is 15.0. The summed E-state index contributed by atoms with van der Waals surface area (Å²) in [6.07, 6.45) is 12.2. The third-order valence-corrected chi connectivity index (χ3v) is 13.2. The van der Waals surface area contributed by atoms with Gasteiger partial charge in [0.1, 0.15) is 22.5 Å². The van der Waals surface area contributed by atoms with E-state index in [0.717, 1.165) is 22.3 Å². The summed E-state index contributed by atoms with van der Waals surface area (Å²) in [5, 5.41) is 13.0. The normalized spacial score (nSPS) is 21.2. The number of hydrogen-bond acceptors (Lipinski definition) is 11. The van der Waals surface area contributed by atoms with Crippen LogP contribution in [0.4, 0.5) is 4.79 Å². The van der Waals surface area contributed by atoms with E-state index < -0.39 is 35.2 Å². The number of ether oxygens (including phenoxy) is 2. The number of urea groups is 1. The maximum atomic E-state index is 11.9. The Morgan fingerprint density at radius 3 is 2.30 bits per heavy atom. The van der Waals surface area contributed by atoms with Crippen molar-refractivity contribution < 1.29 is 38.6 Å². The average Bonchev–Trinajstić information content (AvgIpc) is 3.66. The van der Waals surface area contributed by atoms with Crippen LogP contribution >= 0.6 is 0 Å². The van der Waals surface area contributed by atoms with Crippen molar-refractivity contribution in [3.63, 3.8) is 0 Å². The predicted octanol–water partition coefficient (Wildman–Crippen LogP) is 4.63. The number of imidazole rings is 1. The zero-order valence-electron chi connectivity index (χ0n) is 37.4. The van der Waals surface area contributed by atoms with Gasteiger partial charge < -0.3 is 24.0 Å². The number of carbonyl (C=O) groups excluding carboxylic acids is 4. The van der Waals surface area contributed by atoms with Crippen molar-refractivity contribution >= 4 is 40.9 Å². The number of rotatable bonds is 7. The van der Waals surface area contributed by atoms with Crippen molar-refractivity contribution in [2.24, 2.45) is 38.4 Å². The van der Waals surface area contributed by atoms with Crippen LogP contribution in [0.15, 0.2) is 71.0 Å². The quantitative estimate of drug-likeness (QED) is 0.100. The van der Waals surface area contributed by atoms with Crippen LogP contribution < -0.4 is 31.4 Å². The summed E-state index contributed by atoms with van der Waals surface area (Å²) in [5.74, 6) is -0.882. The number of carboxylic acid groups (broad SMARTS) is 1. The van der Waals surface area contributed by atoms with E-state index in [1.807, 2.05) is 13.8 Å². The fraction of sp³-hybridized carbons (Fsp3) is 0.478. The van der Waals surface area contributed by atoms with Gasteiger partial charge in [-0.2, -0.15) is 0 Å². The number of nitrogens with zero attached hydrogens (tertiary/aromatic N) is 5. The maximum Gasteiger partial charge on any atom is 0.339 e. The fourth-order valence-corrected chi connectivity index (χ4v) is 9.64. The maximum absolute atomic E-state index is 11.9. The molecule has 3 fully saturated rings. The number of methoxy groups -OCH3 is 1. The molecule has 0 spiro atoms. The lowest BCUT2D eigenvalue weighted by molar-refractivity contribution is -0.148. The Morgan fingerprint density at radius 1 is 1.00 bits per heavy atom. The molecule has 2 aliphatic carbocycles. The number of nitrogens with one attached hydrogen (secondary N) is 2. The first-order valence-electron chi connectivity index (χ1n) is 21.1. The molecule has 17 heteroatoms. The molecule has 2 aliphatic heterocycles. The second kappa shape index (κ2) is 19.8. The van der Waals surface area contributed by atoms with Crippen LogP contribution in [-0.4, -0.2) is 85.2 Å². The molecule has 4 aromatic rings. The number of allylic oxidation sites excluding steroid dienone is 1. The van der Waals surface area contributed by atoms with Gasteiger partial charge in [-0.3, -0.25) is 38.9 Å². The first-order valence-corrected chi connectivity index (χ1v) is 21.1. The number of likely N-dealkylation sites (tertiary alicyclic amines) is 1. The zero-order valence-corrected chi connectivity index (χ0v) is 37.4. The van der Waals surface area contributed by atoms with E-state index in [9.17, 15) is 33.6 Å². The van der Waals surface area contributed by atoms with Crippen LogP contribution in [0.25, 0.3) is 11.2 Å². The molecule has 2 aromatic heterocycles. The minimum absolute atomic E-state index is 0.0160. The number of carbonyl (C=O) groups is 5. The minimum Gasteiger partial charge on any atom is -0.497 e. The molecule has 4 aliphatic rings. The highest BCUT2D eigenvalue weighted by Gasteiger charge is 2.54. The van der Waals surface area contributed by atoms with Gasteiger partial charge in [0, 0.05) is 39.5 Å². The predicted molar refractivity (Wildman–Crippen MR) is 236 cm³/mol. The first kappa shape index (κ1) is 47.7. The molecule has 2 aromatic carbocycles. The van der Waals surface area contributed by atoms with Crippen molar-refractivity contribution in [1.82, 2.24) is 34.2 Å². The molecule has 2 bridgehead atoms. The third kappa shape index (κ3) is 9.38. The van der Waals surface area contributed by atoms with Crippen LogP contribution in [0, 0.1) is 17.3 Å². The Bertz CT molecular complexity index is 2500. The summed E-state index contributed by atoms with van der Waals surface area (Å²) >= 11 is 0. The van der Waals surface area contributed by atoms with Crippen molar-refractivity contribution in [3.05, 3.63) is 99.0 Å². The van der Waals surface area contributed by atoms with Crippen LogP contribution in [0.3, 0.4) is 0 Å². The topological polar surface area (TPSA) is 213 Å². The van der Waals surface area contributed by atoms with Crippen molar-refractivity contribution in [2.45, 2.75) is 83.6 Å². The monoisotopic (exact) mass is 869 g/mol. The molecule has 2 saturated heterocycles. The highest BCUT2D eigenvalue weighted by Crippen LogP contribution is 2.56. The highest BCUT2D eigenvalue weighted by atomic mass is 16.5. The number of carboxylic acids is 1. The largest absolute Gasteiger partial charge is 0.497 e. The minimum atomic E-state index is -1.20. The van der Waals surface area contributed by atoms with Gasteiger partial charge in [0.05, 0.1) is 13.4 Å². The number of esters is 1. The smallest absolute Gasteiger partial charge is 0.339 e. The molecule has 4 heterocycles. The molecule has 1 unspecified atom stereocenters. The number of likely N-dealkylation sites (N-methyl/N-ethyl adjacent to an activating group) is 1. The number of piperidine rings is 1. The number of benzene rings is 2. The van der Waals surface area contributed by atoms with Gasteiger partial charge in [0.2, 0.25) is 11.8 Å². The second-order valence-corrected chi connectivity index (χ2v) is 16.7. The van der Waals surface area contributed by atoms with Crippen LogP contribution in [0.2, 0.25) is 0 Å². The number of fused-ring (bicyclic) bond motifs is 2. The lowest BCUT2D eigenvalue weighted by atomic mass is 9.52. The molecule has 63 heavy (non-hydrogen) atoms. The number of amides is 4. The zero-order chi connectivity index (χ0) is 46.4. The molecule has 17 nitrogen and oxygen atoms in total. The SMILES string of the molecule is C=CCC1(C(C)CC)C(=O)NC(=O)NC1=O.CC(=O)Oc1ccccc1C(=O)O.COc1ccc2c(c1)[C@]13CCCC[C@@H]1[C@H](C2)N(C)CC3.Cn1c(=O)c2c(ncn2C)n(C)c1=O. The van der Waals surface area contributed by atoms with E-state index in [2.05, 4.69) is 57.1 Å². The summed E-state index contributed by atoms with van der Waals surface area (Å²) in [4.78, 5) is 85.7. The Labute approximate surface area is 366 Å². The van der Waals surface area contributed by atoms with E-state index >= 15 is 0 Å². The van der Waals surface area contributed by atoms with Gasteiger partial charge in [0.25, 0.3) is 5.56 Å². The summed E-state index contributed by atoms with van der Waals surface area (Å²) in [6, 6.07) is 12.8. The van der Waals surface area contributed by atoms with Crippen LogP contribution in [-0.2, 0) is 47.4 Å². The van der Waals surface area contributed by atoms with Gasteiger partial charge in [-0.25, -0.2) is 19.4 Å². The van der Waals surface area contributed by atoms with Crippen LogP contribution in [0.5, 0.6) is 11.5 Å². The lowest BCUT2D eigenvalue weighted by Gasteiger charge is -2.58. The van der Waals surface area contributed by atoms with Gasteiger partial charge in [-0.1, -0.05) is 57.4 Å². The van der Waals surface area contributed by atoms with E-state index in [1.54, 1.807) is 49.0 Å². The molecular weight excluding hydrogens is 811 g/mol. The number of aryl methyl sites for hydroxylation is 2. The highest BCUT2D eigenvalue weighted by molar-refractivity contribution is 6.19. The molecule has 1 saturated carbocycles. The summed E-state index contributed by atoms with van der Waals surface area (Å²) < 4.78 is 14.2. The Morgan fingerprint density at radius 2 is 1.68 bits per heavy atom. The van der Waals surface area contributed by atoms with E-state index in [1.165, 1.54) is 88.1 Å². The summed E-state index contributed by atoms with van der Waals surface area (Å²) in [7, 11) is 8.89. The van der Waals surface area contributed by atoms with Crippen LogP contribution in [0.1, 0.15) is 87.2 Å². The van der Waals surface area contributed by atoms with E-state index in [4.69, 9.17) is 9.84 Å². The van der Waals surface area contributed by atoms with Gasteiger partial charge in [-0.15, -0.1) is 6.58 Å². The number of barbiturate groups is 1. The number of aromatic nitrogens is 4. The second-order valence-electron chi connectivity index (χ2n) is 16.7. The first-order chi connectivity index (χ1) is 29.9. The third-order valence-electron chi connectivity index (χ3n) is 13.2. The number of aromatic carboxylic acids is 1. The average molecular weight is 870 g/mol. The lowest BCUT2D eigenvalue weighted by Crippen LogP contribution is -2.64. The molecule has 0 radical (unpaired) electrons. The number of hydrogen-bond donors (Lipinski definition) is 3. The fourth-order valence-electron chi connectivity index (χ4n) is 9.64. The number of para-hydroxylation sites is 1. The van der Waals surface area contributed by atoms with Crippen molar-refractivity contribution in [1.29, 1.82) is 0 Å². The molecular formula is C46H59N7O10. The van der Waals surface area contributed by atoms with Crippen molar-refractivity contribution in [2.75, 3.05) is 20.7 Å². The summed E-state index contributed by atoms with van der Waals surface area (Å²) in [5.41, 5.74) is 2.63. The van der Waals surface area contributed by atoms with E-state index in [-0.39, 0.29) is 34.9 Å². The number of imide groups is 2.